The van der Waals surface area contributed by atoms with Crippen molar-refractivity contribution < 1.29 is 15.0 Å². The summed E-state index contributed by atoms with van der Waals surface area (Å²) in [6, 6.07) is 0. The Morgan fingerprint density at radius 1 is 1.27 bits per heavy atom. The highest BCUT2D eigenvalue weighted by Gasteiger charge is 1.97. The van der Waals surface area contributed by atoms with Gasteiger partial charge in [0.15, 0.2) is 0 Å². The first kappa shape index (κ1) is 13.9. The maximum absolute atomic E-state index is 10.1. The second-order valence-electron chi connectivity index (χ2n) is 3.50. The summed E-state index contributed by atoms with van der Waals surface area (Å²) in [5.41, 5.74) is 0. The van der Waals surface area contributed by atoms with E-state index in [4.69, 9.17) is 5.11 Å². The minimum absolute atomic E-state index is 0.458. The Bertz CT molecular complexity index is 219. The van der Waals surface area contributed by atoms with Crippen molar-refractivity contribution in [3.05, 3.63) is 24.3 Å². The van der Waals surface area contributed by atoms with Crippen LogP contribution in [0.3, 0.4) is 0 Å². The predicted molar refractivity (Wildman–Crippen MR) is 60.7 cm³/mol. The van der Waals surface area contributed by atoms with Crippen LogP contribution in [0.1, 0.15) is 39.0 Å². The Morgan fingerprint density at radius 2 is 2.00 bits per heavy atom. The van der Waals surface area contributed by atoms with Crippen molar-refractivity contribution in [2.75, 3.05) is 0 Å². The summed E-state index contributed by atoms with van der Waals surface area (Å²) in [6.07, 6.45) is 10.5. The van der Waals surface area contributed by atoms with E-state index in [1.54, 1.807) is 12.2 Å². The van der Waals surface area contributed by atoms with Crippen LogP contribution in [-0.4, -0.2) is 22.3 Å². The minimum atomic E-state index is -0.975. The summed E-state index contributed by atoms with van der Waals surface area (Å²) in [4.78, 5) is 10.1. The van der Waals surface area contributed by atoms with Gasteiger partial charge in [0.2, 0.25) is 0 Å². The molecule has 0 aromatic carbocycles. The second-order valence-corrected chi connectivity index (χ2v) is 3.50. The average molecular weight is 212 g/mol. The van der Waals surface area contributed by atoms with Crippen molar-refractivity contribution in [3.8, 4) is 0 Å². The molecular weight excluding hydrogens is 192 g/mol. The normalized spacial score (nSPS) is 13.7. The van der Waals surface area contributed by atoms with Gasteiger partial charge in [0.1, 0.15) is 0 Å². The van der Waals surface area contributed by atoms with E-state index in [0.717, 1.165) is 25.3 Å². The largest absolute Gasteiger partial charge is 0.478 e. The number of aliphatic hydroxyl groups excluding tert-OH is 1. The van der Waals surface area contributed by atoms with E-state index in [0.29, 0.717) is 0 Å². The number of carbonyl (C=O) groups is 1. The van der Waals surface area contributed by atoms with E-state index in [-0.39, 0.29) is 0 Å². The Labute approximate surface area is 91.1 Å². The van der Waals surface area contributed by atoms with Crippen LogP contribution in [0.5, 0.6) is 0 Å². The third-order valence-electron chi connectivity index (χ3n) is 2.04. The van der Waals surface area contributed by atoms with Crippen molar-refractivity contribution in [2.24, 2.45) is 0 Å². The van der Waals surface area contributed by atoms with Crippen molar-refractivity contribution in [1.82, 2.24) is 0 Å². The van der Waals surface area contributed by atoms with Gasteiger partial charge in [-0.05, 0) is 6.42 Å². The molecule has 0 aromatic heterocycles. The molecule has 0 aliphatic rings. The van der Waals surface area contributed by atoms with Gasteiger partial charge in [-0.3, -0.25) is 0 Å². The summed E-state index contributed by atoms with van der Waals surface area (Å²) >= 11 is 0. The fraction of sp³-hybridized carbons (Fsp3) is 0.583. The number of hydrogen-bond donors (Lipinski definition) is 2. The summed E-state index contributed by atoms with van der Waals surface area (Å²) in [6.45, 7) is 2.15. The molecule has 0 saturated carbocycles. The third kappa shape index (κ3) is 10.8. The topological polar surface area (TPSA) is 57.5 Å². The van der Waals surface area contributed by atoms with Crippen molar-refractivity contribution in [3.63, 3.8) is 0 Å². The highest BCUT2D eigenvalue weighted by molar-refractivity contribution is 5.80. The van der Waals surface area contributed by atoms with Gasteiger partial charge in [-0.2, -0.15) is 0 Å². The SMILES string of the molecule is CCCCCC[C@H](O)/C=C/C=C/C(=O)O. The summed E-state index contributed by atoms with van der Waals surface area (Å²) in [5, 5.41) is 17.7. The number of hydrogen-bond acceptors (Lipinski definition) is 2. The molecule has 3 nitrogen and oxygen atoms in total. The lowest BCUT2D eigenvalue weighted by Gasteiger charge is -2.03. The monoisotopic (exact) mass is 212 g/mol. The number of rotatable bonds is 8. The van der Waals surface area contributed by atoms with Gasteiger partial charge in [0.05, 0.1) is 6.10 Å². The molecule has 1 atom stereocenters. The quantitative estimate of drug-likeness (QED) is 0.369. The van der Waals surface area contributed by atoms with Gasteiger partial charge >= 0.3 is 5.97 Å². The number of carboxylic acids is 1. The molecule has 0 spiro atoms. The molecule has 0 saturated heterocycles. The standard InChI is InChI=1S/C12H20O3/c1-2-3-4-5-8-11(13)9-6-7-10-12(14)15/h6-7,9-11,13H,2-5,8H2,1H3,(H,14,15)/b9-6+,10-7+/t11-/m0/s1. The molecule has 2 N–H and O–H groups in total. The zero-order valence-corrected chi connectivity index (χ0v) is 9.22. The maximum atomic E-state index is 10.1. The zero-order chi connectivity index (χ0) is 11.5. The van der Waals surface area contributed by atoms with Crippen LogP contribution in [-0.2, 0) is 4.79 Å². The number of carboxylic acid groups (broad SMARTS) is 1. The smallest absolute Gasteiger partial charge is 0.328 e. The number of aliphatic carboxylic acids is 1. The summed E-state index contributed by atoms with van der Waals surface area (Å²) in [7, 11) is 0. The fourth-order valence-corrected chi connectivity index (χ4v) is 1.21. The Hall–Kier alpha value is -1.09. The molecule has 0 radical (unpaired) electrons. The molecule has 0 aliphatic heterocycles. The van der Waals surface area contributed by atoms with Crippen LogP contribution in [0.4, 0.5) is 0 Å². The number of unbranched alkanes of at least 4 members (excludes halogenated alkanes) is 3. The van der Waals surface area contributed by atoms with Gasteiger partial charge in [-0.25, -0.2) is 4.79 Å². The van der Waals surface area contributed by atoms with E-state index in [1.807, 2.05) is 0 Å². The molecule has 0 bridgehead atoms. The van der Waals surface area contributed by atoms with Gasteiger partial charge in [-0.15, -0.1) is 0 Å². The molecule has 0 heterocycles. The van der Waals surface area contributed by atoms with Crippen LogP contribution in [0.2, 0.25) is 0 Å². The molecule has 0 amide bonds. The Balaban J connectivity index is 3.55. The first-order chi connectivity index (χ1) is 7.16. The minimum Gasteiger partial charge on any atom is -0.478 e. The van der Waals surface area contributed by atoms with Crippen molar-refractivity contribution >= 4 is 5.97 Å². The van der Waals surface area contributed by atoms with Gasteiger partial charge in [0, 0.05) is 6.08 Å². The Morgan fingerprint density at radius 3 is 2.60 bits per heavy atom. The lowest BCUT2D eigenvalue weighted by atomic mass is 10.1. The average Bonchev–Trinajstić information content (AvgIpc) is 2.19. The second kappa shape index (κ2) is 9.46. The van der Waals surface area contributed by atoms with Crippen LogP contribution in [0.15, 0.2) is 24.3 Å². The fourth-order valence-electron chi connectivity index (χ4n) is 1.21. The number of allylic oxidation sites excluding steroid dienone is 2. The molecule has 3 heteroatoms. The maximum Gasteiger partial charge on any atom is 0.328 e. The summed E-state index contributed by atoms with van der Waals surface area (Å²) < 4.78 is 0. The highest BCUT2D eigenvalue weighted by Crippen LogP contribution is 2.06. The van der Waals surface area contributed by atoms with Crippen molar-refractivity contribution in [2.45, 2.75) is 45.1 Å². The van der Waals surface area contributed by atoms with E-state index >= 15 is 0 Å². The highest BCUT2D eigenvalue weighted by atomic mass is 16.4. The van der Waals surface area contributed by atoms with E-state index in [2.05, 4.69) is 6.92 Å². The number of aliphatic hydroxyl groups is 1. The molecule has 15 heavy (non-hydrogen) atoms. The zero-order valence-electron chi connectivity index (χ0n) is 9.22. The van der Waals surface area contributed by atoms with E-state index < -0.39 is 12.1 Å². The molecule has 0 unspecified atom stereocenters. The first-order valence-electron chi connectivity index (χ1n) is 5.42. The van der Waals surface area contributed by atoms with Gasteiger partial charge < -0.3 is 10.2 Å². The van der Waals surface area contributed by atoms with Crippen LogP contribution in [0, 0.1) is 0 Å². The first-order valence-corrected chi connectivity index (χ1v) is 5.42. The lowest BCUT2D eigenvalue weighted by molar-refractivity contribution is -0.131. The Kier molecular flexibility index (Phi) is 8.78. The van der Waals surface area contributed by atoms with E-state index in [9.17, 15) is 9.90 Å². The summed E-state index contributed by atoms with van der Waals surface area (Å²) in [5.74, 6) is -0.975. The van der Waals surface area contributed by atoms with Crippen LogP contribution < -0.4 is 0 Å². The molecule has 0 aromatic rings. The molecule has 0 fully saturated rings. The van der Waals surface area contributed by atoms with Crippen molar-refractivity contribution in [1.29, 1.82) is 0 Å². The molecule has 86 valence electrons. The molecular formula is C12H20O3. The van der Waals surface area contributed by atoms with Crippen LogP contribution in [0.25, 0.3) is 0 Å². The molecule has 0 aliphatic carbocycles. The lowest BCUT2D eigenvalue weighted by Crippen LogP contribution is -2.01. The van der Waals surface area contributed by atoms with Gasteiger partial charge in [0.25, 0.3) is 0 Å². The predicted octanol–water partition coefficient (Wildman–Crippen LogP) is 2.51. The molecule has 0 rings (SSSR count). The van der Waals surface area contributed by atoms with Crippen LogP contribution >= 0.6 is 0 Å². The van der Waals surface area contributed by atoms with Gasteiger partial charge in [-0.1, -0.05) is 50.8 Å². The third-order valence-corrected chi connectivity index (χ3v) is 2.04. The van der Waals surface area contributed by atoms with E-state index in [1.165, 1.54) is 18.9 Å².